The molecule has 32 heavy (non-hydrogen) atoms. The molecule has 1 N–H and O–H groups in total. The quantitative estimate of drug-likeness (QED) is 0.530. The van der Waals surface area contributed by atoms with E-state index in [0.717, 1.165) is 48.5 Å². The summed E-state index contributed by atoms with van der Waals surface area (Å²) < 4.78 is 10.9. The van der Waals surface area contributed by atoms with E-state index < -0.39 is 0 Å². The number of rotatable bonds is 8. The molecule has 7 nitrogen and oxygen atoms in total. The van der Waals surface area contributed by atoms with Crippen LogP contribution in [0, 0.1) is 12.8 Å². The lowest BCUT2D eigenvalue weighted by molar-refractivity contribution is -0.121. The van der Waals surface area contributed by atoms with Crippen molar-refractivity contribution in [2.45, 2.75) is 26.3 Å². The number of likely N-dealkylation sites (tertiary alicyclic amines) is 1. The standard InChI is InChI=1S/C25H28N4O3/c1-3-16-31-21-10-8-20(9-11-21)26-25(30)19-12-14-29(15-13-19)17-23-27-24(28-32-23)22-7-5-4-6-18(22)2/h3-11,19H,1,12-17H2,2H3,(H,26,30). The lowest BCUT2D eigenvalue weighted by atomic mass is 9.96. The zero-order chi connectivity index (χ0) is 22.3. The molecule has 0 unspecified atom stereocenters. The molecule has 0 atom stereocenters. The molecule has 2 heterocycles. The second-order valence-corrected chi connectivity index (χ2v) is 7.99. The fourth-order valence-corrected chi connectivity index (χ4v) is 3.83. The Hall–Kier alpha value is -3.45. The molecule has 0 bridgehead atoms. The summed E-state index contributed by atoms with van der Waals surface area (Å²) in [6.07, 6.45) is 3.29. The molecule has 1 amide bonds. The first-order chi connectivity index (χ1) is 15.6. The fourth-order valence-electron chi connectivity index (χ4n) is 3.83. The van der Waals surface area contributed by atoms with Crippen LogP contribution >= 0.6 is 0 Å². The summed E-state index contributed by atoms with van der Waals surface area (Å²) in [7, 11) is 0. The molecule has 0 aliphatic carbocycles. The van der Waals surface area contributed by atoms with Crippen molar-refractivity contribution in [3.8, 4) is 17.1 Å². The summed E-state index contributed by atoms with van der Waals surface area (Å²) in [6.45, 7) is 8.35. The Kier molecular flexibility index (Phi) is 6.97. The van der Waals surface area contributed by atoms with E-state index >= 15 is 0 Å². The third kappa shape index (κ3) is 5.42. The topological polar surface area (TPSA) is 80.5 Å². The number of ether oxygens (including phenoxy) is 1. The maximum absolute atomic E-state index is 12.7. The molecule has 7 heteroatoms. The van der Waals surface area contributed by atoms with Crippen LogP contribution in [0.1, 0.15) is 24.3 Å². The molecule has 0 spiro atoms. The highest BCUT2D eigenvalue weighted by Gasteiger charge is 2.26. The lowest BCUT2D eigenvalue weighted by Gasteiger charge is -2.30. The predicted molar refractivity (Wildman–Crippen MR) is 123 cm³/mol. The van der Waals surface area contributed by atoms with Gasteiger partial charge in [-0.25, -0.2) is 0 Å². The van der Waals surface area contributed by atoms with Crippen molar-refractivity contribution in [2.75, 3.05) is 25.0 Å². The molecule has 1 fully saturated rings. The molecule has 1 aliphatic heterocycles. The summed E-state index contributed by atoms with van der Waals surface area (Å²) >= 11 is 0. The van der Waals surface area contributed by atoms with Crippen LogP contribution in [0.15, 0.2) is 65.7 Å². The van der Waals surface area contributed by atoms with Crippen molar-refractivity contribution in [3.63, 3.8) is 0 Å². The molecule has 1 saturated heterocycles. The zero-order valence-corrected chi connectivity index (χ0v) is 18.3. The number of piperidine rings is 1. The summed E-state index contributed by atoms with van der Waals surface area (Å²) in [5, 5.41) is 7.15. The fraction of sp³-hybridized carbons (Fsp3) is 0.320. The van der Waals surface area contributed by atoms with Gasteiger partial charge in [0, 0.05) is 17.2 Å². The number of anilines is 1. The van der Waals surface area contributed by atoms with Crippen LogP contribution < -0.4 is 10.1 Å². The number of hydrogen-bond acceptors (Lipinski definition) is 6. The van der Waals surface area contributed by atoms with Gasteiger partial charge in [-0.05, 0) is 62.7 Å². The second-order valence-electron chi connectivity index (χ2n) is 7.99. The minimum atomic E-state index is -0.00634. The van der Waals surface area contributed by atoms with Crippen LogP contribution in [-0.2, 0) is 11.3 Å². The molecular weight excluding hydrogens is 404 g/mol. The van der Waals surface area contributed by atoms with Gasteiger partial charge in [-0.1, -0.05) is 42.1 Å². The summed E-state index contributed by atoms with van der Waals surface area (Å²) in [5.41, 5.74) is 2.88. The van der Waals surface area contributed by atoms with E-state index in [0.29, 0.717) is 24.9 Å². The maximum atomic E-state index is 12.7. The Bertz CT molecular complexity index is 1050. The Morgan fingerprint density at radius 1 is 1.22 bits per heavy atom. The molecular formula is C25H28N4O3. The first-order valence-corrected chi connectivity index (χ1v) is 10.9. The highest BCUT2D eigenvalue weighted by molar-refractivity contribution is 5.92. The molecule has 1 aliphatic rings. The first-order valence-electron chi connectivity index (χ1n) is 10.9. The van der Waals surface area contributed by atoms with Crippen molar-refractivity contribution in [1.82, 2.24) is 15.0 Å². The van der Waals surface area contributed by atoms with Crippen LogP contribution in [0.25, 0.3) is 11.4 Å². The normalized spacial score (nSPS) is 14.8. The van der Waals surface area contributed by atoms with Gasteiger partial charge < -0.3 is 14.6 Å². The Balaban J connectivity index is 1.26. The van der Waals surface area contributed by atoms with Crippen molar-refractivity contribution in [1.29, 1.82) is 0 Å². The second kappa shape index (κ2) is 10.2. The number of carbonyl (C=O) groups is 1. The van der Waals surface area contributed by atoms with Gasteiger partial charge in [0.25, 0.3) is 0 Å². The number of amides is 1. The van der Waals surface area contributed by atoms with Gasteiger partial charge >= 0.3 is 0 Å². The largest absolute Gasteiger partial charge is 0.490 e. The summed E-state index contributed by atoms with van der Waals surface area (Å²) in [5.74, 6) is 2.03. The van der Waals surface area contributed by atoms with Gasteiger partial charge in [-0.3, -0.25) is 9.69 Å². The summed E-state index contributed by atoms with van der Waals surface area (Å²) in [4.78, 5) is 19.5. The van der Waals surface area contributed by atoms with Crippen molar-refractivity contribution in [2.24, 2.45) is 5.92 Å². The molecule has 0 radical (unpaired) electrons. The molecule has 166 valence electrons. The predicted octanol–water partition coefficient (Wildman–Crippen LogP) is 4.46. The SMILES string of the molecule is C=CCOc1ccc(NC(=O)C2CCN(Cc3nc(-c4ccccc4C)no3)CC2)cc1. The van der Waals surface area contributed by atoms with E-state index in [9.17, 15) is 4.79 Å². The van der Waals surface area contributed by atoms with Gasteiger partial charge in [0.15, 0.2) is 0 Å². The van der Waals surface area contributed by atoms with Crippen molar-refractivity contribution >= 4 is 11.6 Å². The minimum absolute atomic E-state index is 0.00634. The van der Waals surface area contributed by atoms with E-state index in [2.05, 4.69) is 26.9 Å². The third-order valence-electron chi connectivity index (χ3n) is 5.66. The first kappa shape index (κ1) is 21.8. The van der Waals surface area contributed by atoms with E-state index in [1.807, 2.05) is 55.5 Å². The molecule has 1 aromatic heterocycles. The number of benzene rings is 2. The number of hydrogen-bond donors (Lipinski definition) is 1. The monoisotopic (exact) mass is 432 g/mol. The van der Waals surface area contributed by atoms with Gasteiger partial charge in [0.1, 0.15) is 12.4 Å². The van der Waals surface area contributed by atoms with Crippen LogP contribution in [0.4, 0.5) is 5.69 Å². The van der Waals surface area contributed by atoms with Gasteiger partial charge in [-0.15, -0.1) is 0 Å². The Morgan fingerprint density at radius 2 is 1.97 bits per heavy atom. The van der Waals surface area contributed by atoms with E-state index in [1.165, 1.54) is 0 Å². The van der Waals surface area contributed by atoms with Crippen LogP contribution in [-0.4, -0.2) is 40.6 Å². The average Bonchev–Trinajstić information content (AvgIpc) is 3.27. The van der Waals surface area contributed by atoms with Crippen LogP contribution in [0.2, 0.25) is 0 Å². The molecule has 2 aromatic carbocycles. The number of carbonyl (C=O) groups excluding carboxylic acids is 1. The number of aromatic nitrogens is 2. The van der Waals surface area contributed by atoms with E-state index in [1.54, 1.807) is 6.08 Å². The number of nitrogens with one attached hydrogen (secondary N) is 1. The molecule has 0 saturated carbocycles. The van der Waals surface area contributed by atoms with Gasteiger partial charge in [-0.2, -0.15) is 4.98 Å². The Morgan fingerprint density at radius 3 is 2.69 bits per heavy atom. The lowest BCUT2D eigenvalue weighted by Crippen LogP contribution is -2.37. The van der Waals surface area contributed by atoms with Gasteiger partial charge in [0.2, 0.25) is 17.6 Å². The summed E-state index contributed by atoms with van der Waals surface area (Å²) in [6, 6.07) is 15.4. The highest BCUT2D eigenvalue weighted by Crippen LogP contribution is 2.24. The number of nitrogens with zero attached hydrogens (tertiary/aromatic N) is 3. The van der Waals surface area contributed by atoms with Crippen molar-refractivity contribution < 1.29 is 14.1 Å². The zero-order valence-electron chi connectivity index (χ0n) is 18.3. The highest BCUT2D eigenvalue weighted by atomic mass is 16.5. The van der Waals surface area contributed by atoms with Crippen LogP contribution in [0.5, 0.6) is 5.75 Å². The number of aryl methyl sites for hydroxylation is 1. The molecule has 3 aromatic rings. The minimum Gasteiger partial charge on any atom is -0.490 e. The Labute approximate surface area is 188 Å². The smallest absolute Gasteiger partial charge is 0.241 e. The average molecular weight is 433 g/mol. The van der Waals surface area contributed by atoms with Crippen molar-refractivity contribution in [3.05, 3.63) is 72.6 Å². The van der Waals surface area contributed by atoms with E-state index in [4.69, 9.17) is 9.26 Å². The van der Waals surface area contributed by atoms with Gasteiger partial charge in [0.05, 0.1) is 6.54 Å². The van der Waals surface area contributed by atoms with Crippen LogP contribution in [0.3, 0.4) is 0 Å². The third-order valence-corrected chi connectivity index (χ3v) is 5.66. The maximum Gasteiger partial charge on any atom is 0.241 e. The molecule has 4 rings (SSSR count). The van der Waals surface area contributed by atoms with E-state index in [-0.39, 0.29) is 11.8 Å².